The maximum absolute atomic E-state index is 3.92. The van der Waals surface area contributed by atoms with Crippen LogP contribution < -0.4 is 0 Å². The van der Waals surface area contributed by atoms with Gasteiger partial charge in [0.25, 0.3) is 0 Å². The van der Waals surface area contributed by atoms with Gasteiger partial charge in [0.2, 0.25) is 0 Å². The Hall–Kier alpha value is -1.04. The Morgan fingerprint density at radius 3 is 1.93 bits per heavy atom. The summed E-state index contributed by atoms with van der Waals surface area (Å²) in [7, 11) is 0. The monoisotopic (exact) mass is 188 g/mol. The fourth-order valence-electron chi connectivity index (χ4n) is 1.90. The van der Waals surface area contributed by atoms with Crippen LogP contribution in [0.1, 0.15) is 43.4 Å². The van der Waals surface area contributed by atoms with Crippen LogP contribution in [0.2, 0.25) is 0 Å². The van der Waals surface area contributed by atoms with E-state index in [9.17, 15) is 0 Å². The van der Waals surface area contributed by atoms with E-state index in [4.69, 9.17) is 0 Å². The first-order chi connectivity index (χ1) is 6.83. The molecule has 0 aliphatic carbocycles. The van der Waals surface area contributed by atoms with Crippen molar-refractivity contribution in [3.05, 3.63) is 41.5 Å². The fourth-order valence-corrected chi connectivity index (χ4v) is 1.90. The normalized spacial score (nSPS) is 10.1. The SMILES string of the molecule is C=Cc1c(CCC)cccc1CCC. The summed E-state index contributed by atoms with van der Waals surface area (Å²) < 4.78 is 0. The minimum Gasteiger partial charge on any atom is -0.0984 e. The number of hydrogen-bond donors (Lipinski definition) is 0. The third-order valence-electron chi connectivity index (χ3n) is 2.53. The second-order valence-electron chi connectivity index (χ2n) is 3.69. The van der Waals surface area contributed by atoms with Gasteiger partial charge in [-0.25, -0.2) is 0 Å². The van der Waals surface area contributed by atoms with Crippen LogP contribution in [0.3, 0.4) is 0 Å². The average Bonchev–Trinajstić information content (AvgIpc) is 2.19. The molecule has 0 fully saturated rings. The number of aryl methyl sites for hydroxylation is 2. The molecule has 0 amide bonds. The van der Waals surface area contributed by atoms with Gasteiger partial charge in [-0.1, -0.05) is 57.5 Å². The van der Waals surface area contributed by atoms with E-state index in [0.29, 0.717) is 0 Å². The van der Waals surface area contributed by atoms with Crippen molar-refractivity contribution in [1.82, 2.24) is 0 Å². The maximum atomic E-state index is 3.92. The van der Waals surface area contributed by atoms with Crippen LogP contribution in [0, 0.1) is 0 Å². The zero-order chi connectivity index (χ0) is 10.4. The third kappa shape index (κ3) is 2.47. The Morgan fingerprint density at radius 1 is 1.07 bits per heavy atom. The van der Waals surface area contributed by atoms with Gasteiger partial charge >= 0.3 is 0 Å². The lowest BCUT2D eigenvalue weighted by molar-refractivity contribution is 0.891. The molecule has 1 aromatic carbocycles. The summed E-state index contributed by atoms with van der Waals surface area (Å²) in [4.78, 5) is 0. The van der Waals surface area contributed by atoms with Crippen molar-refractivity contribution < 1.29 is 0 Å². The largest absolute Gasteiger partial charge is 0.0984 e. The van der Waals surface area contributed by atoms with Gasteiger partial charge in [-0.15, -0.1) is 0 Å². The van der Waals surface area contributed by atoms with E-state index < -0.39 is 0 Å². The highest BCUT2D eigenvalue weighted by molar-refractivity contribution is 5.56. The molecule has 0 nitrogen and oxygen atoms in total. The summed E-state index contributed by atoms with van der Waals surface area (Å²) >= 11 is 0. The summed E-state index contributed by atoms with van der Waals surface area (Å²) in [6, 6.07) is 6.61. The van der Waals surface area contributed by atoms with Crippen LogP contribution in [0.5, 0.6) is 0 Å². The van der Waals surface area contributed by atoms with Gasteiger partial charge in [-0.3, -0.25) is 0 Å². The molecule has 0 bridgehead atoms. The van der Waals surface area contributed by atoms with Crippen molar-refractivity contribution in [2.45, 2.75) is 39.5 Å². The summed E-state index contributed by atoms with van der Waals surface area (Å²) in [6.07, 6.45) is 6.75. The fraction of sp³-hybridized carbons (Fsp3) is 0.429. The molecule has 0 aliphatic rings. The van der Waals surface area contributed by atoms with Crippen LogP contribution in [0.25, 0.3) is 6.08 Å². The molecule has 0 saturated carbocycles. The Labute approximate surface area is 87.7 Å². The van der Waals surface area contributed by atoms with E-state index in [0.717, 1.165) is 0 Å². The Kier molecular flexibility index (Phi) is 4.45. The topological polar surface area (TPSA) is 0 Å². The highest BCUT2D eigenvalue weighted by atomic mass is 14.1. The van der Waals surface area contributed by atoms with Gasteiger partial charge in [0, 0.05) is 0 Å². The van der Waals surface area contributed by atoms with E-state index in [1.54, 1.807) is 0 Å². The Balaban J connectivity index is 3.04. The van der Waals surface area contributed by atoms with E-state index in [-0.39, 0.29) is 0 Å². The molecule has 0 spiro atoms. The molecule has 0 aromatic heterocycles. The lowest BCUT2D eigenvalue weighted by atomic mass is 9.95. The highest BCUT2D eigenvalue weighted by Crippen LogP contribution is 2.19. The van der Waals surface area contributed by atoms with Crippen molar-refractivity contribution in [3.8, 4) is 0 Å². The van der Waals surface area contributed by atoms with E-state index in [2.05, 4.69) is 38.6 Å². The van der Waals surface area contributed by atoms with Crippen molar-refractivity contribution in [1.29, 1.82) is 0 Å². The van der Waals surface area contributed by atoms with Gasteiger partial charge in [0.15, 0.2) is 0 Å². The second-order valence-corrected chi connectivity index (χ2v) is 3.69. The van der Waals surface area contributed by atoms with Crippen LogP contribution in [0.4, 0.5) is 0 Å². The molecule has 0 radical (unpaired) electrons. The highest BCUT2D eigenvalue weighted by Gasteiger charge is 2.03. The van der Waals surface area contributed by atoms with Gasteiger partial charge in [0.05, 0.1) is 0 Å². The number of benzene rings is 1. The molecule has 14 heavy (non-hydrogen) atoms. The molecule has 0 saturated heterocycles. The molecule has 0 atom stereocenters. The lowest BCUT2D eigenvalue weighted by Gasteiger charge is -2.10. The third-order valence-corrected chi connectivity index (χ3v) is 2.53. The zero-order valence-corrected chi connectivity index (χ0v) is 9.34. The molecule has 1 rings (SSSR count). The molecule has 0 aliphatic heterocycles. The van der Waals surface area contributed by atoms with Gasteiger partial charge in [-0.05, 0) is 29.5 Å². The first kappa shape index (κ1) is 11.0. The van der Waals surface area contributed by atoms with Crippen LogP contribution in [0.15, 0.2) is 24.8 Å². The smallest absolute Gasteiger partial charge is 0.0198 e. The quantitative estimate of drug-likeness (QED) is 0.648. The molecule has 1 aromatic rings. The lowest BCUT2D eigenvalue weighted by Crippen LogP contribution is -1.95. The molecule has 0 heterocycles. The van der Waals surface area contributed by atoms with E-state index in [1.165, 1.54) is 42.4 Å². The predicted molar refractivity (Wildman–Crippen MR) is 64.5 cm³/mol. The Morgan fingerprint density at radius 2 is 1.57 bits per heavy atom. The van der Waals surface area contributed by atoms with Crippen molar-refractivity contribution in [2.75, 3.05) is 0 Å². The van der Waals surface area contributed by atoms with E-state index in [1.807, 2.05) is 6.08 Å². The van der Waals surface area contributed by atoms with Crippen LogP contribution >= 0.6 is 0 Å². The van der Waals surface area contributed by atoms with Crippen molar-refractivity contribution in [2.24, 2.45) is 0 Å². The maximum Gasteiger partial charge on any atom is -0.0198 e. The summed E-state index contributed by atoms with van der Waals surface area (Å²) in [6.45, 7) is 8.36. The summed E-state index contributed by atoms with van der Waals surface area (Å²) in [5.41, 5.74) is 4.28. The zero-order valence-electron chi connectivity index (χ0n) is 9.34. The first-order valence-corrected chi connectivity index (χ1v) is 5.56. The minimum atomic E-state index is 1.17. The molecule has 76 valence electrons. The molecule has 0 N–H and O–H groups in total. The molecule has 0 heteroatoms. The minimum absolute atomic E-state index is 1.17. The van der Waals surface area contributed by atoms with Gasteiger partial charge < -0.3 is 0 Å². The van der Waals surface area contributed by atoms with Crippen molar-refractivity contribution in [3.63, 3.8) is 0 Å². The molecular weight excluding hydrogens is 168 g/mol. The summed E-state index contributed by atoms with van der Waals surface area (Å²) in [5, 5.41) is 0. The van der Waals surface area contributed by atoms with Crippen LogP contribution in [-0.4, -0.2) is 0 Å². The number of hydrogen-bond acceptors (Lipinski definition) is 0. The van der Waals surface area contributed by atoms with Gasteiger partial charge in [-0.2, -0.15) is 0 Å². The van der Waals surface area contributed by atoms with E-state index >= 15 is 0 Å². The first-order valence-electron chi connectivity index (χ1n) is 5.56. The second kappa shape index (κ2) is 5.64. The Bertz CT molecular complexity index is 273. The van der Waals surface area contributed by atoms with Gasteiger partial charge in [0.1, 0.15) is 0 Å². The van der Waals surface area contributed by atoms with Crippen molar-refractivity contribution >= 4 is 6.08 Å². The summed E-state index contributed by atoms with van der Waals surface area (Å²) in [5.74, 6) is 0. The number of rotatable bonds is 5. The molecular formula is C14H20. The standard InChI is InChI=1S/C14H20/c1-4-8-12-10-7-11-13(9-5-2)14(12)6-3/h6-7,10-11H,3-5,8-9H2,1-2H3. The van der Waals surface area contributed by atoms with Crippen LogP contribution in [-0.2, 0) is 12.8 Å². The average molecular weight is 188 g/mol. The predicted octanol–water partition coefficient (Wildman–Crippen LogP) is 4.23. The molecule has 0 unspecified atom stereocenters.